The maximum Gasteiger partial charge on any atom is 0.343 e. The van der Waals surface area contributed by atoms with Crippen LogP contribution in [0.5, 0.6) is 17.2 Å². The fraction of sp³-hybridized carbons (Fsp3) is 0.222. The standard InChI is InChI=1S/C27H28N2O5/c1-3-4-17-32-23-15-9-22(10-16-23)27(31)34-25-13-7-21(8-14-25)18-28-29-26(30)19-33-24-11-5-20(2)6-12-24/h5-16,18H,3-4,17,19H2,1-2H3,(H,29,30)/b28-18-. The number of hydrogen-bond donors (Lipinski definition) is 1. The fourth-order valence-corrected chi connectivity index (χ4v) is 2.80. The molecule has 176 valence electrons. The quantitative estimate of drug-likeness (QED) is 0.144. The largest absolute Gasteiger partial charge is 0.494 e. The number of unbranched alkanes of at least 4 members (excludes halogenated alkanes) is 1. The molecule has 0 atom stereocenters. The van der Waals surface area contributed by atoms with Crippen LogP contribution in [0.1, 0.15) is 41.3 Å². The van der Waals surface area contributed by atoms with Crippen molar-refractivity contribution in [2.75, 3.05) is 13.2 Å². The number of esters is 1. The van der Waals surface area contributed by atoms with Gasteiger partial charge in [-0.05, 0) is 79.6 Å². The second-order valence-corrected chi connectivity index (χ2v) is 7.58. The molecule has 1 N–H and O–H groups in total. The monoisotopic (exact) mass is 460 g/mol. The number of ether oxygens (including phenoxy) is 3. The highest BCUT2D eigenvalue weighted by Crippen LogP contribution is 2.17. The third-order valence-electron chi connectivity index (χ3n) is 4.74. The summed E-state index contributed by atoms with van der Waals surface area (Å²) in [7, 11) is 0. The van der Waals surface area contributed by atoms with Crippen LogP contribution in [0.25, 0.3) is 0 Å². The molecular weight excluding hydrogens is 432 g/mol. The number of rotatable bonds is 11. The van der Waals surface area contributed by atoms with Crippen molar-refractivity contribution in [2.45, 2.75) is 26.7 Å². The highest BCUT2D eigenvalue weighted by molar-refractivity contribution is 5.91. The molecule has 0 aromatic heterocycles. The van der Waals surface area contributed by atoms with E-state index >= 15 is 0 Å². The Hall–Kier alpha value is -4.13. The lowest BCUT2D eigenvalue weighted by atomic mass is 10.2. The minimum absolute atomic E-state index is 0.138. The summed E-state index contributed by atoms with van der Waals surface area (Å²) in [4.78, 5) is 24.2. The maximum absolute atomic E-state index is 12.3. The summed E-state index contributed by atoms with van der Waals surface area (Å²) < 4.78 is 16.4. The molecule has 0 fully saturated rings. The van der Waals surface area contributed by atoms with E-state index in [1.165, 1.54) is 6.21 Å². The Morgan fingerprint density at radius 3 is 2.15 bits per heavy atom. The number of hydrazone groups is 1. The summed E-state index contributed by atoms with van der Waals surface area (Å²) in [6.07, 6.45) is 3.54. The van der Waals surface area contributed by atoms with E-state index in [4.69, 9.17) is 14.2 Å². The van der Waals surface area contributed by atoms with Gasteiger partial charge in [-0.3, -0.25) is 4.79 Å². The van der Waals surface area contributed by atoms with Crippen LogP contribution in [0.2, 0.25) is 0 Å². The van der Waals surface area contributed by atoms with E-state index in [1.54, 1.807) is 60.7 Å². The van der Waals surface area contributed by atoms with E-state index in [9.17, 15) is 9.59 Å². The first-order valence-electron chi connectivity index (χ1n) is 11.1. The first kappa shape index (κ1) is 24.5. The zero-order valence-corrected chi connectivity index (χ0v) is 19.3. The third kappa shape index (κ3) is 8.09. The average Bonchev–Trinajstić information content (AvgIpc) is 2.85. The number of nitrogens with one attached hydrogen (secondary N) is 1. The molecule has 0 aliphatic heterocycles. The minimum atomic E-state index is -0.456. The van der Waals surface area contributed by atoms with Crippen LogP contribution in [0, 0.1) is 6.92 Å². The average molecular weight is 461 g/mol. The van der Waals surface area contributed by atoms with Crippen molar-refractivity contribution in [3.63, 3.8) is 0 Å². The van der Waals surface area contributed by atoms with Crippen LogP contribution in [0.4, 0.5) is 0 Å². The van der Waals surface area contributed by atoms with Crippen LogP contribution >= 0.6 is 0 Å². The van der Waals surface area contributed by atoms with Gasteiger partial charge in [0.2, 0.25) is 0 Å². The zero-order valence-electron chi connectivity index (χ0n) is 19.3. The Bertz CT molecular complexity index is 1090. The molecule has 34 heavy (non-hydrogen) atoms. The van der Waals surface area contributed by atoms with E-state index in [0.29, 0.717) is 23.7 Å². The molecule has 0 saturated heterocycles. The van der Waals surface area contributed by atoms with Crippen molar-refractivity contribution in [3.8, 4) is 17.2 Å². The minimum Gasteiger partial charge on any atom is -0.494 e. The number of hydrogen-bond acceptors (Lipinski definition) is 6. The fourth-order valence-electron chi connectivity index (χ4n) is 2.80. The molecule has 3 aromatic rings. The number of amides is 1. The van der Waals surface area contributed by atoms with Gasteiger partial charge in [0.1, 0.15) is 17.2 Å². The summed E-state index contributed by atoms with van der Waals surface area (Å²) in [5, 5.41) is 3.92. The molecular formula is C27H28N2O5. The molecule has 0 bridgehead atoms. The second kappa shape index (κ2) is 12.8. The third-order valence-corrected chi connectivity index (χ3v) is 4.74. The molecule has 7 nitrogen and oxygen atoms in total. The predicted molar refractivity (Wildman–Crippen MR) is 131 cm³/mol. The van der Waals surface area contributed by atoms with Gasteiger partial charge in [-0.25, -0.2) is 10.2 Å². The molecule has 0 radical (unpaired) electrons. The van der Waals surface area contributed by atoms with E-state index < -0.39 is 5.97 Å². The summed E-state index contributed by atoms with van der Waals surface area (Å²) in [5.41, 5.74) is 4.69. The molecule has 7 heteroatoms. The number of benzene rings is 3. The molecule has 0 aliphatic carbocycles. The number of aryl methyl sites for hydroxylation is 1. The van der Waals surface area contributed by atoms with Gasteiger partial charge in [0.25, 0.3) is 5.91 Å². The normalized spacial score (nSPS) is 10.6. The predicted octanol–water partition coefficient (Wildman–Crippen LogP) is 4.92. The maximum atomic E-state index is 12.3. The van der Waals surface area contributed by atoms with Gasteiger partial charge in [-0.15, -0.1) is 0 Å². The summed E-state index contributed by atoms with van der Waals surface area (Å²) >= 11 is 0. The van der Waals surface area contributed by atoms with Gasteiger partial charge in [0.05, 0.1) is 18.4 Å². The Kier molecular flexibility index (Phi) is 9.22. The lowest BCUT2D eigenvalue weighted by molar-refractivity contribution is -0.123. The highest BCUT2D eigenvalue weighted by atomic mass is 16.5. The topological polar surface area (TPSA) is 86.2 Å². The SMILES string of the molecule is CCCCOc1ccc(C(=O)Oc2ccc(/C=N\NC(=O)COc3ccc(C)cc3)cc2)cc1. The highest BCUT2D eigenvalue weighted by Gasteiger charge is 2.09. The van der Waals surface area contributed by atoms with Gasteiger partial charge < -0.3 is 14.2 Å². The zero-order chi connectivity index (χ0) is 24.2. The van der Waals surface area contributed by atoms with Crippen LogP contribution in [-0.2, 0) is 4.79 Å². The Labute approximate surface area is 199 Å². The molecule has 0 aliphatic rings. The molecule has 0 unspecified atom stereocenters. The number of carbonyl (C=O) groups excluding carboxylic acids is 2. The van der Waals surface area contributed by atoms with Crippen LogP contribution < -0.4 is 19.6 Å². The molecule has 0 heterocycles. The van der Waals surface area contributed by atoms with Crippen molar-refractivity contribution in [3.05, 3.63) is 89.5 Å². The van der Waals surface area contributed by atoms with Crippen LogP contribution in [0.3, 0.4) is 0 Å². The van der Waals surface area contributed by atoms with E-state index in [-0.39, 0.29) is 12.5 Å². The lowest BCUT2D eigenvalue weighted by Crippen LogP contribution is -2.24. The second-order valence-electron chi connectivity index (χ2n) is 7.58. The van der Waals surface area contributed by atoms with Crippen molar-refractivity contribution >= 4 is 18.1 Å². The van der Waals surface area contributed by atoms with Crippen LogP contribution in [-0.4, -0.2) is 31.3 Å². The van der Waals surface area contributed by atoms with Gasteiger partial charge in [-0.1, -0.05) is 31.0 Å². The van der Waals surface area contributed by atoms with E-state index in [2.05, 4.69) is 17.5 Å². The summed E-state index contributed by atoms with van der Waals surface area (Å²) in [5.74, 6) is 0.918. The van der Waals surface area contributed by atoms with Crippen molar-refractivity contribution in [2.24, 2.45) is 5.10 Å². The smallest absolute Gasteiger partial charge is 0.343 e. The van der Waals surface area contributed by atoms with Crippen LogP contribution in [0.15, 0.2) is 77.9 Å². The molecule has 1 amide bonds. The van der Waals surface area contributed by atoms with Gasteiger partial charge >= 0.3 is 5.97 Å². The van der Waals surface area contributed by atoms with E-state index in [0.717, 1.165) is 29.7 Å². The number of nitrogens with zero attached hydrogens (tertiary/aromatic N) is 1. The molecule has 3 aromatic carbocycles. The molecule has 0 spiro atoms. The molecule has 0 saturated carbocycles. The lowest BCUT2D eigenvalue weighted by Gasteiger charge is -2.07. The summed E-state index contributed by atoms with van der Waals surface area (Å²) in [6.45, 7) is 4.59. The Balaban J connectivity index is 1.43. The van der Waals surface area contributed by atoms with Gasteiger partial charge in [-0.2, -0.15) is 5.10 Å². The van der Waals surface area contributed by atoms with Crippen molar-refractivity contribution in [1.29, 1.82) is 0 Å². The first-order valence-corrected chi connectivity index (χ1v) is 11.1. The number of carbonyl (C=O) groups is 2. The molecule has 3 rings (SSSR count). The van der Waals surface area contributed by atoms with Gasteiger partial charge in [0, 0.05) is 0 Å². The van der Waals surface area contributed by atoms with E-state index in [1.807, 2.05) is 19.1 Å². The Morgan fingerprint density at radius 2 is 1.47 bits per heavy atom. The summed E-state index contributed by atoms with van der Waals surface area (Å²) in [6, 6.07) is 21.1. The van der Waals surface area contributed by atoms with Crippen molar-refractivity contribution < 1.29 is 23.8 Å². The first-order chi connectivity index (χ1) is 16.5. The Morgan fingerprint density at radius 1 is 0.853 bits per heavy atom. The van der Waals surface area contributed by atoms with Gasteiger partial charge in [0.15, 0.2) is 6.61 Å². The van der Waals surface area contributed by atoms with Crippen molar-refractivity contribution in [1.82, 2.24) is 5.43 Å².